The number of ether oxygens (including phenoxy) is 7. The van der Waals surface area contributed by atoms with E-state index in [-0.39, 0.29) is 62.3 Å². The lowest BCUT2D eigenvalue weighted by atomic mass is 10.1. The summed E-state index contributed by atoms with van der Waals surface area (Å²) in [5.74, 6) is 0.531. The third-order valence-corrected chi connectivity index (χ3v) is 33.8. The number of nitro benzene ring substituents is 2. The van der Waals surface area contributed by atoms with Crippen molar-refractivity contribution in [2.24, 2.45) is 4.99 Å². The van der Waals surface area contributed by atoms with Gasteiger partial charge in [-0.1, -0.05) is 263 Å². The number of nitrogen functional groups attached to an aromatic ring is 1. The molecule has 0 amide bonds. The average Bonchev–Trinajstić information content (AvgIpc) is 1.64. The molecule has 0 saturated carbocycles. The number of fused-ring (bicyclic) bond motifs is 5. The molecule has 1 aliphatic rings. The number of nitro groups is 2. The molecule has 6 N–H and O–H groups in total. The molecule has 9 aromatic carbocycles. The minimum Gasteiger partial charge on any atom is -0.508 e. The minimum atomic E-state index is -1.14. The number of carbonyl (C=O) groups is 1. The molecule has 28 nitrogen and oxygen atoms in total. The van der Waals surface area contributed by atoms with E-state index in [1.54, 1.807) is 50.2 Å². The summed E-state index contributed by atoms with van der Waals surface area (Å²) in [6, 6.07) is 47.2. The van der Waals surface area contributed by atoms with Gasteiger partial charge in [-0.25, -0.2) is 38.6 Å². The normalized spacial score (nSPS) is 11.6. The number of hydrogen-bond donors (Lipinski definition) is 5. The number of benzene rings is 9. The van der Waals surface area contributed by atoms with Crippen LogP contribution in [0.1, 0.15) is 114 Å². The molecule has 5 heterocycles. The first kappa shape index (κ1) is 132. The number of aliphatic hydroxyl groups excluding tert-OH is 1. The van der Waals surface area contributed by atoms with Crippen LogP contribution < -0.4 is 15.2 Å². The lowest BCUT2D eigenvalue weighted by molar-refractivity contribution is -0.385. The van der Waals surface area contributed by atoms with E-state index < -0.39 is 61.9 Å². The summed E-state index contributed by atoms with van der Waals surface area (Å²) in [4.78, 5) is 35.5. The van der Waals surface area contributed by atoms with Crippen LogP contribution in [0.25, 0.3) is 43.6 Å². The number of Topliss-reactive ketones (excluding diaryl/α,β-unsaturated/α-hetero) is 1. The predicted molar refractivity (Wildman–Crippen MR) is 638 cm³/mol. The van der Waals surface area contributed by atoms with E-state index in [9.17, 15) is 38.9 Å². The number of rotatable bonds is 37. The molecule has 0 atom stereocenters. The molecule has 822 valence electrons. The number of phenolic OH excluding ortho intramolecular Hbond substituents is 1. The largest absolute Gasteiger partial charge is 0.508 e. The number of nitrogens with two attached hydrogens (primary N) is 1. The quantitative estimate of drug-likeness (QED) is 0.00353. The Morgan fingerprint density at radius 2 is 0.753 bits per heavy atom. The Bertz CT molecular complexity index is 6430. The molecule has 0 aliphatic carbocycles. The second-order valence-corrected chi connectivity index (χ2v) is 73.7. The topological polar surface area (TPSA) is 366 Å². The first-order valence-electron chi connectivity index (χ1n) is 49.4. The number of aromatic hydroxyl groups is 1. The zero-order chi connectivity index (χ0) is 112. The Labute approximate surface area is 942 Å². The van der Waals surface area contributed by atoms with Crippen molar-refractivity contribution >= 4 is 230 Å². The molecule has 0 spiro atoms. The van der Waals surface area contributed by atoms with Crippen LogP contribution in [0, 0.1) is 42.9 Å². The van der Waals surface area contributed by atoms with E-state index in [0.717, 1.165) is 183 Å². The van der Waals surface area contributed by atoms with Crippen molar-refractivity contribution in [3.63, 3.8) is 0 Å². The number of hydrogen-bond acceptors (Lipinski definition) is 22. The van der Waals surface area contributed by atoms with Gasteiger partial charge in [-0.05, 0) is 197 Å². The fourth-order valence-electron chi connectivity index (χ4n) is 13.8. The fourth-order valence-corrected chi connectivity index (χ4v) is 20.3. The third kappa shape index (κ3) is 44.9. The number of halogens is 11. The fraction of sp³-hybridized carbons (Fsp3) is 0.434. The van der Waals surface area contributed by atoms with Gasteiger partial charge in [-0.2, -0.15) is 20.4 Å². The Kier molecular flexibility index (Phi) is 56.6. The molecule has 1 aliphatic heterocycles. The van der Waals surface area contributed by atoms with Crippen LogP contribution in [0.4, 0.5) is 25.8 Å². The number of nitrogens with one attached hydrogen (secondary N) is 2. The summed E-state index contributed by atoms with van der Waals surface area (Å²) in [5.41, 5.74) is 28.0. The van der Waals surface area contributed by atoms with Crippen molar-refractivity contribution in [1.82, 2.24) is 39.1 Å². The summed E-state index contributed by atoms with van der Waals surface area (Å²) < 4.78 is 76.7. The molecule has 0 radical (unpaired) electrons. The van der Waals surface area contributed by atoms with Crippen LogP contribution in [0.15, 0.2) is 164 Å². The van der Waals surface area contributed by atoms with Gasteiger partial charge in [-0.15, -0.1) is 0 Å². The molecule has 150 heavy (non-hydrogen) atoms. The highest BCUT2D eigenvalue weighted by molar-refractivity contribution is 9.11. The Morgan fingerprint density at radius 1 is 0.440 bits per heavy atom. The van der Waals surface area contributed by atoms with E-state index in [0.29, 0.717) is 66.3 Å². The molecule has 0 unspecified atom stereocenters. The van der Waals surface area contributed by atoms with Crippen LogP contribution in [-0.2, 0) is 82.8 Å². The number of aromatic nitrogens is 8. The van der Waals surface area contributed by atoms with Crippen LogP contribution >= 0.6 is 117 Å². The van der Waals surface area contributed by atoms with Gasteiger partial charge in [0.25, 0.3) is 11.4 Å². The zero-order valence-corrected chi connectivity index (χ0v) is 104. The second-order valence-electron chi connectivity index (χ2n) is 40.4. The predicted octanol–water partition coefficient (Wildman–Crippen LogP) is 34.4. The highest BCUT2D eigenvalue weighted by Crippen LogP contribution is 2.43. The highest BCUT2D eigenvalue weighted by atomic mass is 79.9. The van der Waals surface area contributed by atoms with Gasteiger partial charge in [0.15, 0.2) is 23.1 Å². The van der Waals surface area contributed by atoms with Crippen LogP contribution in [0.5, 0.6) is 28.7 Å². The van der Waals surface area contributed by atoms with Gasteiger partial charge in [-0.3, -0.25) is 30.0 Å². The standard InChI is InChI=1S/C21H25Cl2N3O4Si.C21H27Cl2N3O2Si.C15H23BrN2OSi.C15H24N2O2Si.C10H10BrN.C9H8BrFO.C7H18OSi.C6H2Cl2FNO2.C2H6O.H2N2.H2/c1-5-19-16-12-15(30-21-17(22)10-14(26(27)28)11-18(21)23)6-7-20(16)25(24-19)13-29-8-9-31(2,3)4;1-5-19-16-12-15(28-21-17(22)10-14(24)11-18(21)23)6-7-20(16)26(25-19)13-27-8-9-29(2,3)4;1-5-14-13-10-12(16)6-7-15(13)18(17-14)11-19-8-9-20(2,3)4;1-5-14-13-10-12(18)6-7-15(13)17(16-14)11-19-8-9-20(2,3)4;1-2-10-9-5-8(11)4-3-7(9)6-12-10;1-2-9(12)7-5-6(10)3-4-8(7)11;1-5-8-6-7-9(2,3)4;7-4-1-3(10(11)12)2-5(8)6(4)9;1-2-3;1-2;/h6-7,10-12H,5,8-9,13H2,1-4H3;6-7,10-12H,5,8-9,13,24H2,1-4H3;6-7,10H,5,8-9,11H2,1-4H3;6-7,10,18H,5,8-9,11H2,1-4H3;3-5H,2,6H2,1H3;3-5H,2H2,1H3;5-7H2,1-4H3;1-2H;3H,2H2,1H3;1-2H;1H. The molecular formula is C106H147Br3Cl6F2N14O14Si5. The number of ketones is 1. The lowest BCUT2D eigenvalue weighted by Crippen LogP contribution is -2.22. The van der Waals surface area contributed by atoms with Crippen molar-refractivity contribution in [2.75, 3.05) is 52.0 Å². The number of nitrogens with zero attached hydrogens (tertiary/aromatic N) is 11. The van der Waals surface area contributed by atoms with Crippen LogP contribution in [0.3, 0.4) is 0 Å². The zero-order valence-electron chi connectivity index (χ0n) is 90.1. The van der Waals surface area contributed by atoms with E-state index in [1.807, 2.05) is 69.0 Å². The van der Waals surface area contributed by atoms with Gasteiger partial charge < -0.3 is 49.1 Å². The minimum absolute atomic E-state index is 0. The van der Waals surface area contributed by atoms with Gasteiger partial charge in [0.1, 0.15) is 50.0 Å². The smallest absolute Gasteiger partial charge is 0.272 e. The van der Waals surface area contributed by atoms with Gasteiger partial charge in [0.2, 0.25) is 0 Å². The van der Waals surface area contributed by atoms with Crippen LogP contribution in [0.2, 0.25) is 159 Å². The number of phenols is 1. The highest BCUT2D eigenvalue weighted by Gasteiger charge is 2.25. The third-order valence-electron chi connectivity index (χ3n) is 22.1. The molecule has 4 aromatic heterocycles. The molecule has 14 rings (SSSR count). The number of non-ortho nitro benzene ring substituents is 2. The first-order valence-corrected chi connectivity index (χ1v) is 72.6. The van der Waals surface area contributed by atoms with E-state index in [2.05, 4.69) is 230 Å². The SMILES string of the molecule is CCC(=O)c1cc(Br)ccc1F.CCC1=NCc2ccc(Br)cc21.CCO.CCOCC[Si](C)(C)C.CCc1nn(COCC[Si](C)(C)C)c2ccc(Br)cc12.CCc1nn(COCC[Si](C)(C)C)c2ccc(O)cc12.CCc1nn(COCC[Si](C)(C)C)c2ccc(Oc3c(Cl)cc(N)cc3Cl)cc12.CCc1nn(COCC[Si](C)(C)C)c2ccc(Oc3c(Cl)cc([N+](=O)[O-])cc3Cl)cc12.N=N.O=[N+]([O-])c1cc(Cl)c(F)c(Cl)c1.[HH]. The molecule has 0 saturated heterocycles. The van der Waals surface area contributed by atoms with Crippen molar-refractivity contribution in [1.29, 1.82) is 11.1 Å². The van der Waals surface area contributed by atoms with E-state index in [1.165, 1.54) is 58.6 Å². The lowest BCUT2D eigenvalue weighted by Gasteiger charge is -2.15. The van der Waals surface area contributed by atoms with Crippen molar-refractivity contribution in [2.45, 2.75) is 256 Å². The first-order chi connectivity index (χ1) is 70.5. The second kappa shape index (κ2) is 64.3. The molecule has 44 heteroatoms. The van der Waals surface area contributed by atoms with Crippen LogP contribution in [-0.4, -0.2) is 157 Å². The van der Waals surface area contributed by atoms with E-state index >= 15 is 0 Å². The molecule has 0 bridgehead atoms. The summed E-state index contributed by atoms with van der Waals surface area (Å²) in [5, 5.41) is 61.3. The van der Waals surface area contributed by atoms with Gasteiger partial charge in [0, 0.05) is 171 Å². The number of aliphatic imine (C=N–C) groups is 1. The summed E-state index contributed by atoms with van der Waals surface area (Å²) in [6.07, 6.45) is 4.71. The Morgan fingerprint density at radius 3 is 1.10 bits per heavy atom. The molecular weight excluding hydrogens is 2320 g/mol. The molecule has 13 aromatic rings. The maximum Gasteiger partial charge on any atom is 0.272 e. The van der Waals surface area contributed by atoms with Crippen molar-refractivity contribution < 1.29 is 68.2 Å². The van der Waals surface area contributed by atoms with Gasteiger partial charge in [0.05, 0.1) is 96.9 Å². The van der Waals surface area contributed by atoms with Crippen molar-refractivity contribution in [3.8, 4) is 28.7 Å². The monoisotopic (exact) mass is 2460 g/mol. The van der Waals surface area contributed by atoms with Gasteiger partial charge >= 0.3 is 0 Å². The van der Waals surface area contributed by atoms with E-state index in [4.69, 9.17) is 130 Å². The molecule has 0 fully saturated rings. The number of aryl methyl sites for hydroxylation is 4. The van der Waals surface area contributed by atoms with Crippen molar-refractivity contribution in [3.05, 3.63) is 260 Å². The Hall–Kier alpha value is -8.32. The average molecular weight is 2470 g/mol. The maximum atomic E-state index is 13.0. The number of aliphatic hydroxyl groups is 1. The summed E-state index contributed by atoms with van der Waals surface area (Å²) >= 11 is 45.6. The Balaban J connectivity index is 0.000000367. The number of carbonyl (C=O) groups excluding carboxylic acids is 1. The summed E-state index contributed by atoms with van der Waals surface area (Å²) in [6.45, 7) is 59.0. The summed E-state index contributed by atoms with van der Waals surface area (Å²) in [7, 11) is -5.14. The number of anilines is 1. The maximum absolute atomic E-state index is 13.0.